The lowest BCUT2D eigenvalue weighted by Crippen LogP contribution is -2.38. The largest absolute Gasteiger partial charge is 0.444 e. The first-order valence-electron chi connectivity index (χ1n) is 7.54. The molecule has 5 nitrogen and oxygen atoms in total. The zero-order valence-electron chi connectivity index (χ0n) is 13.6. The van der Waals surface area contributed by atoms with Crippen LogP contribution in [0.4, 0.5) is 9.18 Å². The number of sulfone groups is 1. The van der Waals surface area contributed by atoms with E-state index >= 15 is 0 Å². The molecule has 2 rings (SSSR count). The molecule has 0 N–H and O–H groups in total. The predicted octanol–water partition coefficient (Wildman–Crippen LogP) is 2.92. The minimum absolute atomic E-state index is 0.0577. The molecule has 1 aromatic carbocycles. The van der Waals surface area contributed by atoms with Crippen LogP contribution in [-0.4, -0.2) is 43.9 Å². The van der Waals surface area contributed by atoms with Gasteiger partial charge in [0.2, 0.25) is 0 Å². The van der Waals surface area contributed by atoms with Crippen molar-refractivity contribution >= 4 is 15.9 Å². The molecule has 1 heterocycles. The molecule has 1 aliphatic rings. The quantitative estimate of drug-likeness (QED) is 0.786. The highest BCUT2D eigenvalue weighted by molar-refractivity contribution is 7.91. The highest BCUT2D eigenvalue weighted by Gasteiger charge is 2.35. The van der Waals surface area contributed by atoms with Crippen LogP contribution in [0.15, 0.2) is 24.3 Å². The average Bonchev–Trinajstić information content (AvgIpc) is 2.56. The van der Waals surface area contributed by atoms with Gasteiger partial charge in [-0.2, -0.15) is 0 Å². The Balaban J connectivity index is 2.20. The van der Waals surface area contributed by atoms with Crippen LogP contribution < -0.4 is 0 Å². The van der Waals surface area contributed by atoms with Crippen LogP contribution in [0.2, 0.25) is 0 Å². The van der Waals surface area contributed by atoms with E-state index in [0.717, 1.165) is 0 Å². The van der Waals surface area contributed by atoms with Crippen molar-refractivity contribution in [1.29, 1.82) is 0 Å². The van der Waals surface area contributed by atoms with Crippen LogP contribution in [0.3, 0.4) is 0 Å². The van der Waals surface area contributed by atoms with Crippen molar-refractivity contribution in [2.75, 3.05) is 18.8 Å². The fourth-order valence-corrected chi connectivity index (χ4v) is 4.34. The van der Waals surface area contributed by atoms with E-state index in [1.807, 2.05) is 0 Å². The van der Waals surface area contributed by atoms with Gasteiger partial charge in [0.05, 0.1) is 11.0 Å². The molecule has 0 saturated carbocycles. The third-order valence-electron chi connectivity index (χ3n) is 3.64. The third kappa shape index (κ3) is 4.43. The summed E-state index contributed by atoms with van der Waals surface area (Å²) in [6.45, 7) is 5.53. The van der Waals surface area contributed by atoms with Crippen LogP contribution in [0.25, 0.3) is 0 Å². The van der Waals surface area contributed by atoms with Gasteiger partial charge >= 0.3 is 6.09 Å². The van der Waals surface area contributed by atoms with Gasteiger partial charge in [-0.05, 0) is 33.3 Å². The Morgan fingerprint density at radius 2 is 1.91 bits per heavy atom. The van der Waals surface area contributed by atoms with Gasteiger partial charge in [0.25, 0.3) is 0 Å². The summed E-state index contributed by atoms with van der Waals surface area (Å²) < 4.78 is 44.2. The van der Waals surface area contributed by atoms with Crippen molar-refractivity contribution in [3.8, 4) is 0 Å². The van der Waals surface area contributed by atoms with Gasteiger partial charge in [-0.1, -0.05) is 18.2 Å². The van der Waals surface area contributed by atoms with E-state index in [4.69, 9.17) is 4.74 Å². The summed E-state index contributed by atoms with van der Waals surface area (Å²) in [5.74, 6) is -0.739. The summed E-state index contributed by atoms with van der Waals surface area (Å²) in [6, 6.07) is 5.88. The first-order chi connectivity index (χ1) is 10.6. The van der Waals surface area contributed by atoms with E-state index in [9.17, 15) is 17.6 Å². The fraction of sp³-hybridized carbons (Fsp3) is 0.562. The number of benzene rings is 1. The van der Waals surface area contributed by atoms with Crippen molar-refractivity contribution in [2.24, 2.45) is 0 Å². The Bertz CT molecular complexity index is 682. The van der Waals surface area contributed by atoms with Crippen molar-refractivity contribution in [2.45, 2.75) is 38.0 Å². The molecule has 1 aromatic rings. The predicted molar refractivity (Wildman–Crippen MR) is 85.4 cm³/mol. The molecular weight excluding hydrogens is 321 g/mol. The third-order valence-corrected chi connectivity index (χ3v) is 5.75. The molecule has 0 radical (unpaired) electrons. The summed E-state index contributed by atoms with van der Waals surface area (Å²) in [7, 11) is -3.54. The highest BCUT2D eigenvalue weighted by atomic mass is 32.2. The lowest BCUT2D eigenvalue weighted by molar-refractivity contribution is 0.0263. The monoisotopic (exact) mass is 343 g/mol. The molecule has 1 saturated heterocycles. The number of hydrogen-bond acceptors (Lipinski definition) is 4. The molecule has 0 spiro atoms. The van der Waals surface area contributed by atoms with Gasteiger partial charge in [-0.3, -0.25) is 0 Å². The number of ether oxygens (including phenoxy) is 1. The SMILES string of the molecule is CC(C)(C)OC(=O)N1CC[C@@H](c2ccccc2F)S(=O)(=O)CC1. The molecule has 1 amide bonds. The molecule has 1 aliphatic heterocycles. The standard InChI is InChI=1S/C16H22FNO4S/c1-16(2,3)22-15(19)18-9-8-14(23(20,21)11-10-18)12-6-4-5-7-13(12)17/h4-7,14H,8-11H2,1-3H3/t14-/m0/s1. The second-order valence-electron chi connectivity index (χ2n) is 6.63. The van der Waals surface area contributed by atoms with Crippen LogP contribution in [0.1, 0.15) is 38.0 Å². The van der Waals surface area contributed by atoms with Gasteiger partial charge < -0.3 is 9.64 Å². The number of nitrogens with zero attached hydrogens (tertiary/aromatic N) is 1. The number of rotatable bonds is 1. The Hall–Kier alpha value is -1.63. The Labute approximate surface area is 136 Å². The molecule has 0 unspecified atom stereocenters. The topological polar surface area (TPSA) is 63.7 Å². The van der Waals surface area contributed by atoms with Gasteiger partial charge in [0, 0.05) is 18.7 Å². The smallest absolute Gasteiger partial charge is 0.410 e. The van der Waals surface area contributed by atoms with E-state index < -0.39 is 32.6 Å². The molecule has 0 bridgehead atoms. The van der Waals surface area contributed by atoms with Gasteiger partial charge in [0.15, 0.2) is 9.84 Å². The second-order valence-corrected chi connectivity index (χ2v) is 8.94. The van der Waals surface area contributed by atoms with Crippen molar-refractivity contribution in [3.05, 3.63) is 35.6 Å². The lowest BCUT2D eigenvalue weighted by Gasteiger charge is -2.26. The molecular formula is C16H22FNO4S. The maximum atomic E-state index is 14.0. The summed E-state index contributed by atoms with van der Waals surface area (Å²) in [5, 5.41) is -0.934. The van der Waals surface area contributed by atoms with Crippen molar-refractivity contribution in [1.82, 2.24) is 4.90 Å². The van der Waals surface area contributed by atoms with Crippen LogP contribution in [-0.2, 0) is 14.6 Å². The molecule has 1 atom stereocenters. The van der Waals surface area contributed by atoms with E-state index in [2.05, 4.69) is 0 Å². The Kier molecular flexibility index (Phi) is 4.98. The number of amides is 1. The summed E-state index contributed by atoms with van der Waals surface area (Å²) in [6.07, 6.45) is -0.385. The first-order valence-corrected chi connectivity index (χ1v) is 9.25. The Morgan fingerprint density at radius 3 is 2.52 bits per heavy atom. The number of hydrogen-bond donors (Lipinski definition) is 0. The van der Waals surface area contributed by atoms with Crippen molar-refractivity contribution < 1.29 is 22.3 Å². The molecule has 0 aromatic heterocycles. The van der Waals surface area contributed by atoms with Crippen LogP contribution >= 0.6 is 0 Å². The maximum absolute atomic E-state index is 14.0. The zero-order valence-corrected chi connectivity index (χ0v) is 14.4. The van der Waals surface area contributed by atoms with Crippen molar-refractivity contribution in [3.63, 3.8) is 0 Å². The molecule has 7 heteroatoms. The fourth-order valence-electron chi connectivity index (χ4n) is 2.54. The normalized spacial score (nSPS) is 21.6. The summed E-state index contributed by atoms with van der Waals surface area (Å²) in [5.41, 5.74) is -0.480. The van der Waals surface area contributed by atoms with Gasteiger partial charge in [-0.15, -0.1) is 0 Å². The highest BCUT2D eigenvalue weighted by Crippen LogP contribution is 2.31. The van der Waals surface area contributed by atoms with E-state index in [-0.39, 0.29) is 30.8 Å². The minimum Gasteiger partial charge on any atom is -0.444 e. The number of carbonyl (C=O) groups is 1. The lowest BCUT2D eigenvalue weighted by atomic mass is 10.1. The van der Waals surface area contributed by atoms with Gasteiger partial charge in [-0.25, -0.2) is 17.6 Å². The number of halogens is 1. The van der Waals surface area contributed by atoms with Crippen LogP contribution in [0, 0.1) is 5.82 Å². The molecule has 23 heavy (non-hydrogen) atoms. The van der Waals surface area contributed by atoms with Gasteiger partial charge in [0.1, 0.15) is 11.4 Å². The zero-order chi connectivity index (χ0) is 17.3. The van der Waals surface area contributed by atoms with E-state index in [0.29, 0.717) is 0 Å². The second kappa shape index (κ2) is 6.47. The molecule has 128 valence electrons. The molecule has 0 aliphatic carbocycles. The Morgan fingerprint density at radius 1 is 1.26 bits per heavy atom. The maximum Gasteiger partial charge on any atom is 0.410 e. The van der Waals surface area contributed by atoms with Crippen LogP contribution in [0.5, 0.6) is 0 Å². The number of carbonyl (C=O) groups excluding carboxylic acids is 1. The average molecular weight is 343 g/mol. The minimum atomic E-state index is -3.54. The summed E-state index contributed by atoms with van der Waals surface area (Å²) in [4.78, 5) is 13.5. The molecule has 1 fully saturated rings. The first kappa shape index (κ1) is 17.7. The van der Waals surface area contributed by atoms with E-state index in [1.54, 1.807) is 26.8 Å². The summed E-state index contributed by atoms with van der Waals surface area (Å²) >= 11 is 0. The van der Waals surface area contributed by atoms with E-state index in [1.165, 1.54) is 23.1 Å².